The van der Waals surface area contributed by atoms with E-state index in [9.17, 15) is 14.4 Å². The molecule has 2 aromatic rings. The van der Waals surface area contributed by atoms with Crippen LogP contribution in [0.15, 0.2) is 41.0 Å². The maximum Gasteiger partial charge on any atom is 0.291 e. The average molecular weight is 435 g/mol. The molecule has 1 aliphatic rings. The monoisotopic (exact) mass is 434 g/mol. The van der Waals surface area contributed by atoms with Crippen molar-refractivity contribution < 1.29 is 18.8 Å². The van der Waals surface area contributed by atoms with Gasteiger partial charge >= 0.3 is 0 Å². The van der Waals surface area contributed by atoms with E-state index in [0.29, 0.717) is 37.4 Å². The van der Waals surface area contributed by atoms with Crippen molar-refractivity contribution >= 4 is 35.8 Å². The number of benzene rings is 1. The summed E-state index contributed by atoms with van der Waals surface area (Å²) >= 11 is 0. The number of nitrogens with one attached hydrogen (secondary N) is 2. The second-order valence-corrected chi connectivity index (χ2v) is 7.13. The Morgan fingerprint density at radius 2 is 2.07 bits per heavy atom. The summed E-state index contributed by atoms with van der Waals surface area (Å²) in [7, 11) is 0. The lowest BCUT2D eigenvalue weighted by atomic mass is 9.96. The fraction of sp³-hybridized carbons (Fsp3) is 0.381. The molecule has 1 saturated heterocycles. The van der Waals surface area contributed by atoms with Gasteiger partial charge in [0.1, 0.15) is 0 Å². The van der Waals surface area contributed by atoms with Crippen LogP contribution in [0.4, 0.5) is 5.69 Å². The van der Waals surface area contributed by atoms with Crippen molar-refractivity contribution in [2.45, 2.75) is 19.8 Å². The van der Waals surface area contributed by atoms with Crippen LogP contribution >= 0.6 is 12.4 Å². The summed E-state index contributed by atoms with van der Waals surface area (Å²) < 4.78 is 5.11. The maximum atomic E-state index is 13.0. The molecule has 0 saturated carbocycles. The molecular formula is C21H27ClN4O4. The van der Waals surface area contributed by atoms with Crippen LogP contribution in [-0.4, -0.2) is 48.8 Å². The number of carbonyl (C=O) groups excluding carboxylic acids is 3. The number of hydrogen-bond acceptors (Lipinski definition) is 5. The molecule has 0 aliphatic carbocycles. The summed E-state index contributed by atoms with van der Waals surface area (Å²) in [4.78, 5) is 39.2. The van der Waals surface area contributed by atoms with Crippen LogP contribution in [0.2, 0.25) is 0 Å². The van der Waals surface area contributed by atoms with Crippen molar-refractivity contribution in [1.82, 2.24) is 10.2 Å². The third kappa shape index (κ3) is 5.61. The Labute approximate surface area is 181 Å². The second kappa shape index (κ2) is 10.8. The highest BCUT2D eigenvalue weighted by molar-refractivity contribution is 6.04. The number of piperidine rings is 1. The molecule has 3 amide bonds. The minimum atomic E-state index is -0.377. The van der Waals surface area contributed by atoms with Gasteiger partial charge in [-0.3, -0.25) is 14.4 Å². The summed E-state index contributed by atoms with van der Waals surface area (Å²) in [6, 6.07) is 8.40. The summed E-state index contributed by atoms with van der Waals surface area (Å²) in [6.45, 7) is 3.64. The van der Waals surface area contributed by atoms with Crippen molar-refractivity contribution in [3.05, 3.63) is 53.5 Å². The van der Waals surface area contributed by atoms with Gasteiger partial charge in [-0.15, -0.1) is 12.4 Å². The number of furan rings is 1. The van der Waals surface area contributed by atoms with E-state index in [1.54, 1.807) is 35.2 Å². The van der Waals surface area contributed by atoms with Crippen LogP contribution in [-0.2, 0) is 4.79 Å². The Hall–Kier alpha value is -2.84. The molecule has 2 heterocycles. The Kier molecular flexibility index (Phi) is 8.44. The Balaban J connectivity index is 0.00000320. The fourth-order valence-corrected chi connectivity index (χ4v) is 3.38. The minimum absolute atomic E-state index is 0. The van der Waals surface area contributed by atoms with Crippen LogP contribution < -0.4 is 16.4 Å². The van der Waals surface area contributed by atoms with E-state index >= 15 is 0 Å². The number of rotatable bonds is 6. The zero-order valence-corrected chi connectivity index (χ0v) is 17.7. The first kappa shape index (κ1) is 23.4. The number of nitrogens with zero attached hydrogens (tertiary/aromatic N) is 1. The Morgan fingerprint density at radius 3 is 2.77 bits per heavy atom. The lowest BCUT2D eigenvalue weighted by molar-refractivity contribution is -0.126. The van der Waals surface area contributed by atoms with Gasteiger partial charge in [-0.25, -0.2) is 0 Å². The molecule has 0 bridgehead atoms. The molecule has 4 N–H and O–H groups in total. The van der Waals surface area contributed by atoms with E-state index in [4.69, 9.17) is 10.2 Å². The quantitative estimate of drug-likeness (QED) is 0.644. The number of halogens is 1. The van der Waals surface area contributed by atoms with E-state index in [1.165, 1.54) is 6.26 Å². The molecule has 1 aromatic carbocycles. The average Bonchev–Trinajstić information content (AvgIpc) is 3.28. The summed E-state index contributed by atoms with van der Waals surface area (Å²) in [6.07, 6.45) is 2.94. The number of amides is 3. The van der Waals surface area contributed by atoms with Gasteiger partial charge in [-0.2, -0.15) is 0 Å². The van der Waals surface area contributed by atoms with Crippen molar-refractivity contribution in [2.24, 2.45) is 11.7 Å². The normalized spacial score (nSPS) is 15.8. The molecule has 162 valence electrons. The minimum Gasteiger partial charge on any atom is -0.459 e. The summed E-state index contributed by atoms with van der Waals surface area (Å²) in [5, 5.41) is 5.58. The second-order valence-electron chi connectivity index (χ2n) is 7.13. The van der Waals surface area contributed by atoms with Crippen molar-refractivity contribution in [1.29, 1.82) is 0 Å². The van der Waals surface area contributed by atoms with E-state index in [1.807, 2.05) is 6.92 Å². The first-order valence-corrected chi connectivity index (χ1v) is 9.72. The van der Waals surface area contributed by atoms with Crippen LogP contribution in [0.1, 0.15) is 39.3 Å². The first-order valence-electron chi connectivity index (χ1n) is 9.72. The topological polar surface area (TPSA) is 118 Å². The van der Waals surface area contributed by atoms with Crippen LogP contribution in [0, 0.1) is 12.8 Å². The van der Waals surface area contributed by atoms with Crippen LogP contribution in [0.5, 0.6) is 0 Å². The molecular weight excluding hydrogens is 408 g/mol. The highest BCUT2D eigenvalue weighted by atomic mass is 35.5. The van der Waals surface area contributed by atoms with Gasteiger partial charge in [0, 0.05) is 37.4 Å². The SMILES string of the molecule is Cc1ccc(C(=O)N2CCCC(C(=O)NCCN)C2)cc1NC(=O)c1ccco1.Cl. The largest absolute Gasteiger partial charge is 0.459 e. The molecule has 0 spiro atoms. The molecule has 1 atom stereocenters. The van der Waals surface area contributed by atoms with Crippen molar-refractivity contribution in [3.63, 3.8) is 0 Å². The van der Waals surface area contributed by atoms with E-state index in [0.717, 1.165) is 18.4 Å². The van der Waals surface area contributed by atoms with Gasteiger partial charge in [0.2, 0.25) is 5.91 Å². The number of likely N-dealkylation sites (tertiary alicyclic amines) is 1. The number of nitrogens with two attached hydrogens (primary N) is 1. The van der Waals surface area contributed by atoms with Crippen LogP contribution in [0.3, 0.4) is 0 Å². The van der Waals surface area contributed by atoms with Gasteiger partial charge in [0.15, 0.2) is 5.76 Å². The summed E-state index contributed by atoms with van der Waals surface area (Å²) in [5.41, 5.74) is 7.28. The first-order chi connectivity index (χ1) is 14.0. The number of anilines is 1. The highest BCUT2D eigenvalue weighted by Gasteiger charge is 2.29. The zero-order valence-electron chi connectivity index (χ0n) is 16.8. The third-order valence-electron chi connectivity index (χ3n) is 5.00. The summed E-state index contributed by atoms with van der Waals surface area (Å²) in [5.74, 6) is -0.637. The molecule has 30 heavy (non-hydrogen) atoms. The fourth-order valence-electron chi connectivity index (χ4n) is 3.38. The number of aryl methyl sites for hydroxylation is 1. The van der Waals surface area contributed by atoms with Gasteiger partial charge < -0.3 is 25.7 Å². The highest BCUT2D eigenvalue weighted by Crippen LogP contribution is 2.22. The predicted molar refractivity (Wildman–Crippen MR) is 116 cm³/mol. The van der Waals surface area contributed by atoms with Gasteiger partial charge in [-0.05, 0) is 49.6 Å². The van der Waals surface area contributed by atoms with Crippen LogP contribution in [0.25, 0.3) is 0 Å². The van der Waals surface area contributed by atoms with Crippen molar-refractivity contribution in [3.8, 4) is 0 Å². The molecule has 3 rings (SSSR count). The predicted octanol–water partition coefficient (Wildman–Crippen LogP) is 2.19. The molecule has 1 unspecified atom stereocenters. The van der Waals surface area contributed by atoms with Crippen molar-refractivity contribution in [2.75, 3.05) is 31.5 Å². The molecule has 1 aliphatic heterocycles. The zero-order chi connectivity index (χ0) is 20.8. The van der Waals surface area contributed by atoms with Gasteiger partial charge in [0.05, 0.1) is 12.2 Å². The van der Waals surface area contributed by atoms with Gasteiger partial charge in [0.25, 0.3) is 11.8 Å². The van der Waals surface area contributed by atoms with Gasteiger partial charge in [-0.1, -0.05) is 6.07 Å². The van der Waals surface area contributed by atoms with E-state index in [2.05, 4.69) is 10.6 Å². The molecule has 9 heteroatoms. The molecule has 1 fully saturated rings. The lowest BCUT2D eigenvalue weighted by Gasteiger charge is -2.32. The molecule has 1 aromatic heterocycles. The molecule has 8 nitrogen and oxygen atoms in total. The number of hydrogen-bond donors (Lipinski definition) is 3. The number of carbonyl (C=O) groups is 3. The standard InChI is InChI=1S/C21H26N4O4.ClH/c1-14-6-7-15(12-17(14)24-20(27)18-5-3-11-29-18)21(28)25-10-2-4-16(13-25)19(26)23-9-8-22;/h3,5-7,11-12,16H,2,4,8-10,13,22H2,1H3,(H,23,26)(H,24,27);1H. The third-order valence-corrected chi connectivity index (χ3v) is 5.00. The lowest BCUT2D eigenvalue weighted by Crippen LogP contribution is -2.46. The maximum absolute atomic E-state index is 13.0. The van der Waals surface area contributed by atoms with E-state index in [-0.39, 0.29) is 41.8 Å². The van der Waals surface area contributed by atoms with E-state index < -0.39 is 0 Å². The molecule has 0 radical (unpaired) electrons. The Bertz CT molecular complexity index is 885. The smallest absolute Gasteiger partial charge is 0.291 e. The Morgan fingerprint density at radius 1 is 1.27 bits per heavy atom.